The zero-order valence-corrected chi connectivity index (χ0v) is 12.8. The average molecular weight is 332 g/mol. The molecule has 3 rings (SSSR count). The summed E-state index contributed by atoms with van der Waals surface area (Å²) in [5.41, 5.74) is 0.202. The summed E-state index contributed by atoms with van der Waals surface area (Å²) in [5, 5.41) is 2.68. The number of hydrogen-bond donors (Lipinski definition) is 1. The minimum Gasteiger partial charge on any atom is -0.326 e. The molecule has 1 N–H and O–H groups in total. The Balaban J connectivity index is 1.64. The molecule has 1 saturated carbocycles. The minimum atomic E-state index is -2.93. The second kappa shape index (κ2) is 4.95. The van der Waals surface area contributed by atoms with Crippen molar-refractivity contribution in [1.82, 2.24) is 0 Å². The van der Waals surface area contributed by atoms with Crippen molar-refractivity contribution in [3.8, 4) is 0 Å². The predicted molar refractivity (Wildman–Crippen MR) is 78.5 cm³/mol. The molecule has 1 aromatic carbocycles. The third-order valence-corrected chi connectivity index (χ3v) is 6.47. The van der Waals surface area contributed by atoms with E-state index in [0.29, 0.717) is 24.9 Å². The van der Waals surface area contributed by atoms with Crippen LogP contribution in [0, 0.1) is 17.2 Å². The van der Waals surface area contributed by atoms with E-state index in [4.69, 9.17) is 11.6 Å². The highest BCUT2D eigenvalue weighted by Gasteiger charge is 2.59. The number of amides is 1. The molecule has 1 unspecified atom stereocenters. The van der Waals surface area contributed by atoms with Crippen molar-refractivity contribution in [1.29, 1.82) is 0 Å². The molecule has 2 fully saturated rings. The van der Waals surface area contributed by atoms with Gasteiger partial charge >= 0.3 is 0 Å². The van der Waals surface area contributed by atoms with Gasteiger partial charge in [-0.25, -0.2) is 12.8 Å². The van der Waals surface area contributed by atoms with E-state index in [1.165, 1.54) is 12.1 Å². The second-order valence-electron chi connectivity index (χ2n) is 5.89. The van der Waals surface area contributed by atoms with E-state index in [1.54, 1.807) is 6.07 Å². The number of nitrogens with one attached hydrogen (secondary N) is 1. The van der Waals surface area contributed by atoms with Crippen molar-refractivity contribution in [2.24, 2.45) is 11.3 Å². The lowest BCUT2D eigenvalue weighted by Crippen LogP contribution is -2.28. The van der Waals surface area contributed by atoms with Crippen LogP contribution in [0.1, 0.15) is 19.3 Å². The maximum absolute atomic E-state index is 13.3. The number of carbonyl (C=O) groups is 1. The molecule has 1 aliphatic heterocycles. The molecule has 0 bridgehead atoms. The Morgan fingerprint density at radius 1 is 1.33 bits per heavy atom. The van der Waals surface area contributed by atoms with E-state index in [1.807, 2.05) is 0 Å². The Morgan fingerprint density at radius 2 is 2.00 bits per heavy atom. The Morgan fingerprint density at radius 3 is 2.62 bits per heavy atom. The molecule has 1 spiro atoms. The summed E-state index contributed by atoms with van der Waals surface area (Å²) < 4.78 is 36.2. The summed E-state index contributed by atoms with van der Waals surface area (Å²) in [7, 11) is -2.93. The summed E-state index contributed by atoms with van der Waals surface area (Å²) in [5.74, 6) is -0.606. The van der Waals surface area contributed by atoms with Crippen LogP contribution in [0.15, 0.2) is 18.2 Å². The smallest absolute Gasteiger partial charge is 0.228 e. The monoisotopic (exact) mass is 331 g/mol. The van der Waals surface area contributed by atoms with Crippen LogP contribution < -0.4 is 5.32 Å². The van der Waals surface area contributed by atoms with Gasteiger partial charge in [-0.1, -0.05) is 11.6 Å². The number of benzene rings is 1. The molecule has 2 aliphatic rings. The quantitative estimate of drug-likeness (QED) is 0.906. The van der Waals surface area contributed by atoms with E-state index in [2.05, 4.69) is 5.32 Å². The van der Waals surface area contributed by atoms with Gasteiger partial charge in [-0.3, -0.25) is 4.79 Å². The molecule has 1 aromatic rings. The molecule has 4 nitrogen and oxygen atoms in total. The first-order chi connectivity index (χ1) is 9.81. The van der Waals surface area contributed by atoms with Crippen molar-refractivity contribution in [2.75, 3.05) is 16.8 Å². The lowest BCUT2D eigenvalue weighted by molar-refractivity contribution is -0.118. The zero-order valence-electron chi connectivity index (χ0n) is 11.2. The van der Waals surface area contributed by atoms with E-state index in [0.717, 1.165) is 0 Å². The molecule has 1 heterocycles. The van der Waals surface area contributed by atoms with Gasteiger partial charge < -0.3 is 5.32 Å². The predicted octanol–water partition coefficient (Wildman–Crippen LogP) is 2.63. The molecule has 1 atom stereocenters. The van der Waals surface area contributed by atoms with Gasteiger partial charge in [0.05, 0.1) is 16.5 Å². The highest BCUT2D eigenvalue weighted by atomic mass is 35.5. The molecule has 1 aliphatic carbocycles. The van der Waals surface area contributed by atoms with Crippen LogP contribution in [0.5, 0.6) is 0 Å². The van der Waals surface area contributed by atoms with Crippen LogP contribution in [0.2, 0.25) is 5.02 Å². The van der Waals surface area contributed by atoms with Crippen molar-refractivity contribution >= 4 is 33.0 Å². The number of carbonyl (C=O) groups excluding carboxylic acids is 1. The molecule has 0 radical (unpaired) electrons. The Labute approximate surface area is 127 Å². The second-order valence-corrected chi connectivity index (χ2v) is 8.60. The number of hydrogen-bond acceptors (Lipinski definition) is 3. The van der Waals surface area contributed by atoms with E-state index in [-0.39, 0.29) is 33.8 Å². The third kappa shape index (κ3) is 2.92. The van der Waals surface area contributed by atoms with Gasteiger partial charge in [0.1, 0.15) is 15.7 Å². The fraction of sp³-hybridized carbons (Fsp3) is 0.500. The maximum Gasteiger partial charge on any atom is 0.228 e. The van der Waals surface area contributed by atoms with Crippen molar-refractivity contribution in [2.45, 2.75) is 19.3 Å². The van der Waals surface area contributed by atoms with Crippen LogP contribution in [-0.2, 0) is 14.6 Å². The van der Waals surface area contributed by atoms with Crippen molar-refractivity contribution in [3.05, 3.63) is 29.0 Å². The van der Waals surface area contributed by atoms with Crippen LogP contribution in [-0.4, -0.2) is 25.8 Å². The lowest BCUT2D eigenvalue weighted by Gasteiger charge is -2.22. The molecular weight excluding hydrogens is 317 g/mol. The van der Waals surface area contributed by atoms with E-state index in [9.17, 15) is 17.6 Å². The summed E-state index contributed by atoms with van der Waals surface area (Å²) in [6, 6.07) is 4.12. The molecule has 7 heteroatoms. The summed E-state index contributed by atoms with van der Waals surface area (Å²) in [6.45, 7) is 0. The van der Waals surface area contributed by atoms with Crippen molar-refractivity contribution < 1.29 is 17.6 Å². The molecule has 21 heavy (non-hydrogen) atoms. The third-order valence-electron chi connectivity index (χ3n) is 4.52. The van der Waals surface area contributed by atoms with Gasteiger partial charge in [0.2, 0.25) is 5.91 Å². The van der Waals surface area contributed by atoms with Gasteiger partial charge in [0.25, 0.3) is 0 Å². The topological polar surface area (TPSA) is 63.2 Å². The van der Waals surface area contributed by atoms with Gasteiger partial charge in [-0.2, -0.15) is 0 Å². The fourth-order valence-corrected chi connectivity index (χ4v) is 4.78. The Bertz CT molecular complexity index is 690. The SMILES string of the molecule is O=C(Nc1ccc(Cl)c(F)c1)C1CC12CCS(=O)(=O)CC2. The van der Waals surface area contributed by atoms with Crippen molar-refractivity contribution in [3.63, 3.8) is 0 Å². The Kier molecular flexibility index (Phi) is 3.48. The summed E-state index contributed by atoms with van der Waals surface area (Å²) >= 11 is 5.59. The molecular formula is C14H15ClFNO3S. The fourth-order valence-electron chi connectivity index (χ4n) is 3.02. The average Bonchev–Trinajstić information content (AvgIpc) is 3.13. The van der Waals surface area contributed by atoms with Gasteiger partial charge in [-0.05, 0) is 42.9 Å². The molecule has 114 valence electrons. The minimum absolute atomic E-state index is 0.00776. The summed E-state index contributed by atoms with van der Waals surface area (Å²) in [6.07, 6.45) is 1.80. The maximum atomic E-state index is 13.3. The summed E-state index contributed by atoms with van der Waals surface area (Å²) in [4.78, 5) is 12.2. The van der Waals surface area contributed by atoms with Gasteiger partial charge in [-0.15, -0.1) is 0 Å². The van der Waals surface area contributed by atoms with Gasteiger partial charge in [0.15, 0.2) is 0 Å². The van der Waals surface area contributed by atoms with Crippen LogP contribution in [0.25, 0.3) is 0 Å². The van der Waals surface area contributed by atoms with Crippen LogP contribution >= 0.6 is 11.6 Å². The highest BCUT2D eigenvalue weighted by Crippen LogP contribution is 2.60. The largest absolute Gasteiger partial charge is 0.326 e. The van der Waals surface area contributed by atoms with E-state index >= 15 is 0 Å². The lowest BCUT2D eigenvalue weighted by atomic mass is 9.96. The first-order valence-corrected chi connectivity index (χ1v) is 8.98. The first kappa shape index (κ1) is 14.8. The molecule has 1 amide bonds. The number of rotatable bonds is 2. The van der Waals surface area contributed by atoms with Crippen LogP contribution in [0.4, 0.5) is 10.1 Å². The number of sulfone groups is 1. The normalized spacial score (nSPS) is 25.5. The highest BCUT2D eigenvalue weighted by molar-refractivity contribution is 7.91. The number of halogens is 2. The number of anilines is 1. The Hall–Kier alpha value is -1.14. The van der Waals surface area contributed by atoms with E-state index < -0.39 is 15.7 Å². The standard InChI is InChI=1S/C14H15ClFNO3S/c15-11-2-1-9(7-12(11)16)17-13(18)10-8-14(10)3-5-21(19,20)6-4-14/h1-2,7,10H,3-6,8H2,(H,17,18). The van der Waals surface area contributed by atoms with Crippen LogP contribution in [0.3, 0.4) is 0 Å². The molecule has 1 saturated heterocycles. The van der Waals surface area contributed by atoms with Gasteiger partial charge in [0, 0.05) is 11.6 Å². The first-order valence-electron chi connectivity index (χ1n) is 6.78. The zero-order chi connectivity index (χ0) is 15.3. The molecule has 0 aromatic heterocycles.